The monoisotopic (exact) mass is 166 g/mol. The van der Waals surface area contributed by atoms with Gasteiger partial charge in [-0.15, -0.1) is 0 Å². The van der Waals surface area contributed by atoms with Crippen molar-refractivity contribution in [1.82, 2.24) is 0 Å². The quantitative estimate of drug-likeness (QED) is 0.546. The Morgan fingerprint density at radius 1 is 1.17 bits per heavy atom. The standard InChI is InChI=1S/C9H14N2O/c1-9(2,12)6-3-4-7(10)8(11)5-6/h3-5,12H,10-11H2,1-2H3. The van der Waals surface area contributed by atoms with E-state index in [2.05, 4.69) is 0 Å². The van der Waals surface area contributed by atoms with Gasteiger partial charge in [0.1, 0.15) is 0 Å². The largest absolute Gasteiger partial charge is 0.397 e. The Kier molecular flexibility index (Phi) is 1.98. The van der Waals surface area contributed by atoms with Crippen LogP contribution < -0.4 is 11.5 Å². The van der Waals surface area contributed by atoms with Crippen LogP contribution in [0.25, 0.3) is 0 Å². The second-order valence-corrected chi connectivity index (χ2v) is 3.40. The summed E-state index contributed by atoms with van der Waals surface area (Å²) in [5.74, 6) is 0. The van der Waals surface area contributed by atoms with Crippen LogP contribution in [0.3, 0.4) is 0 Å². The molecule has 0 aromatic heterocycles. The minimum atomic E-state index is -0.859. The van der Waals surface area contributed by atoms with E-state index in [4.69, 9.17) is 11.5 Å². The van der Waals surface area contributed by atoms with E-state index in [0.29, 0.717) is 11.4 Å². The van der Waals surface area contributed by atoms with Crippen molar-refractivity contribution in [3.63, 3.8) is 0 Å². The molecule has 12 heavy (non-hydrogen) atoms. The van der Waals surface area contributed by atoms with Gasteiger partial charge in [-0.25, -0.2) is 0 Å². The van der Waals surface area contributed by atoms with Gasteiger partial charge in [0, 0.05) is 0 Å². The summed E-state index contributed by atoms with van der Waals surface area (Å²) in [6.45, 7) is 3.41. The summed E-state index contributed by atoms with van der Waals surface area (Å²) in [5.41, 5.74) is 12.1. The number of rotatable bonds is 1. The lowest BCUT2D eigenvalue weighted by atomic mass is 9.98. The fraction of sp³-hybridized carbons (Fsp3) is 0.333. The molecule has 3 nitrogen and oxygen atoms in total. The third-order valence-corrected chi connectivity index (χ3v) is 1.79. The van der Waals surface area contributed by atoms with E-state index < -0.39 is 5.60 Å². The highest BCUT2D eigenvalue weighted by Gasteiger charge is 2.15. The maximum Gasteiger partial charge on any atom is 0.0841 e. The Morgan fingerprint density at radius 2 is 1.75 bits per heavy atom. The summed E-state index contributed by atoms with van der Waals surface area (Å²) < 4.78 is 0. The van der Waals surface area contributed by atoms with Crippen LogP contribution in [0.1, 0.15) is 19.4 Å². The highest BCUT2D eigenvalue weighted by Crippen LogP contribution is 2.24. The Balaban J connectivity index is 3.14. The molecular formula is C9H14N2O. The molecule has 0 amide bonds. The van der Waals surface area contributed by atoms with Crippen LogP contribution >= 0.6 is 0 Å². The van der Waals surface area contributed by atoms with Crippen molar-refractivity contribution in [2.24, 2.45) is 0 Å². The molecule has 0 atom stereocenters. The smallest absolute Gasteiger partial charge is 0.0841 e. The van der Waals surface area contributed by atoms with Gasteiger partial charge >= 0.3 is 0 Å². The summed E-state index contributed by atoms with van der Waals surface area (Å²) in [7, 11) is 0. The summed E-state index contributed by atoms with van der Waals surface area (Å²) in [6, 6.07) is 5.16. The number of aliphatic hydroxyl groups is 1. The number of anilines is 2. The number of benzene rings is 1. The van der Waals surface area contributed by atoms with Crippen molar-refractivity contribution < 1.29 is 5.11 Å². The van der Waals surface area contributed by atoms with Gasteiger partial charge in [0.2, 0.25) is 0 Å². The van der Waals surface area contributed by atoms with Gasteiger partial charge in [0.05, 0.1) is 17.0 Å². The molecule has 0 bridgehead atoms. The molecule has 0 unspecified atom stereocenters. The zero-order valence-electron chi connectivity index (χ0n) is 7.33. The van der Waals surface area contributed by atoms with Crippen molar-refractivity contribution in [2.45, 2.75) is 19.4 Å². The first kappa shape index (κ1) is 8.87. The molecule has 3 heteroatoms. The third-order valence-electron chi connectivity index (χ3n) is 1.79. The first-order valence-electron chi connectivity index (χ1n) is 3.79. The molecule has 0 fully saturated rings. The van der Waals surface area contributed by atoms with Crippen LogP contribution in [-0.4, -0.2) is 5.11 Å². The normalized spacial score (nSPS) is 11.6. The van der Waals surface area contributed by atoms with E-state index in [9.17, 15) is 5.11 Å². The number of nitrogen functional groups attached to an aromatic ring is 2. The highest BCUT2D eigenvalue weighted by atomic mass is 16.3. The molecule has 0 spiro atoms. The Hall–Kier alpha value is -1.22. The van der Waals surface area contributed by atoms with Gasteiger partial charge in [-0.2, -0.15) is 0 Å². The molecule has 0 saturated heterocycles. The Labute approximate surface area is 72.0 Å². The highest BCUT2D eigenvalue weighted by molar-refractivity contribution is 5.64. The minimum absolute atomic E-state index is 0.509. The van der Waals surface area contributed by atoms with Crippen LogP contribution in [0.15, 0.2) is 18.2 Å². The fourth-order valence-electron chi connectivity index (χ4n) is 0.955. The zero-order valence-corrected chi connectivity index (χ0v) is 7.33. The first-order chi connectivity index (χ1) is 5.41. The molecule has 66 valence electrons. The second kappa shape index (κ2) is 2.68. The number of hydrogen-bond acceptors (Lipinski definition) is 3. The van der Waals surface area contributed by atoms with E-state index in [-0.39, 0.29) is 0 Å². The van der Waals surface area contributed by atoms with E-state index in [1.165, 1.54) is 0 Å². The lowest BCUT2D eigenvalue weighted by Gasteiger charge is -2.18. The van der Waals surface area contributed by atoms with Gasteiger partial charge in [0.15, 0.2) is 0 Å². The molecule has 1 rings (SSSR count). The predicted octanol–water partition coefficient (Wildman–Crippen LogP) is 1.08. The molecule has 0 aliphatic rings. The van der Waals surface area contributed by atoms with Crippen LogP contribution in [0.5, 0.6) is 0 Å². The molecule has 0 saturated carbocycles. The average Bonchev–Trinajstić information content (AvgIpc) is 1.92. The molecule has 0 heterocycles. The van der Waals surface area contributed by atoms with Gasteiger partial charge in [0.25, 0.3) is 0 Å². The SMILES string of the molecule is CC(C)(O)c1ccc(N)c(N)c1. The Morgan fingerprint density at radius 3 is 2.17 bits per heavy atom. The number of nitrogens with two attached hydrogens (primary N) is 2. The van der Waals surface area contributed by atoms with Crippen LogP contribution in [0, 0.1) is 0 Å². The molecule has 0 aliphatic carbocycles. The van der Waals surface area contributed by atoms with E-state index in [1.54, 1.807) is 32.0 Å². The zero-order chi connectivity index (χ0) is 9.35. The van der Waals surface area contributed by atoms with Gasteiger partial charge in [-0.05, 0) is 31.5 Å². The molecule has 0 radical (unpaired) electrons. The van der Waals surface area contributed by atoms with E-state index >= 15 is 0 Å². The lowest BCUT2D eigenvalue weighted by molar-refractivity contribution is 0.0787. The van der Waals surface area contributed by atoms with Crippen LogP contribution in [0.4, 0.5) is 11.4 Å². The minimum Gasteiger partial charge on any atom is -0.397 e. The maximum absolute atomic E-state index is 9.61. The predicted molar refractivity (Wildman–Crippen MR) is 50.5 cm³/mol. The number of hydrogen-bond donors (Lipinski definition) is 3. The molecule has 0 aliphatic heterocycles. The summed E-state index contributed by atoms with van der Waals surface area (Å²) in [4.78, 5) is 0. The molecular weight excluding hydrogens is 152 g/mol. The molecule has 1 aromatic carbocycles. The van der Waals surface area contributed by atoms with Crippen molar-refractivity contribution >= 4 is 11.4 Å². The summed E-state index contributed by atoms with van der Waals surface area (Å²) in [5, 5.41) is 9.61. The van der Waals surface area contributed by atoms with Crippen LogP contribution in [0.2, 0.25) is 0 Å². The maximum atomic E-state index is 9.61. The summed E-state index contributed by atoms with van der Waals surface area (Å²) in [6.07, 6.45) is 0. The van der Waals surface area contributed by atoms with Gasteiger partial charge in [-0.3, -0.25) is 0 Å². The van der Waals surface area contributed by atoms with Gasteiger partial charge in [-0.1, -0.05) is 6.07 Å². The Bertz CT molecular complexity index is 289. The lowest BCUT2D eigenvalue weighted by Crippen LogP contribution is -2.15. The molecule has 5 N–H and O–H groups in total. The summed E-state index contributed by atoms with van der Waals surface area (Å²) >= 11 is 0. The van der Waals surface area contributed by atoms with Crippen molar-refractivity contribution in [1.29, 1.82) is 0 Å². The fourth-order valence-corrected chi connectivity index (χ4v) is 0.955. The average molecular weight is 166 g/mol. The third kappa shape index (κ3) is 1.68. The van der Waals surface area contributed by atoms with Crippen molar-refractivity contribution in [3.8, 4) is 0 Å². The van der Waals surface area contributed by atoms with Crippen molar-refractivity contribution in [2.75, 3.05) is 11.5 Å². The molecule has 1 aromatic rings. The van der Waals surface area contributed by atoms with Crippen LogP contribution in [-0.2, 0) is 5.60 Å². The topological polar surface area (TPSA) is 72.3 Å². The van der Waals surface area contributed by atoms with Crippen molar-refractivity contribution in [3.05, 3.63) is 23.8 Å². The van der Waals surface area contributed by atoms with Gasteiger partial charge < -0.3 is 16.6 Å². The second-order valence-electron chi connectivity index (χ2n) is 3.40. The first-order valence-corrected chi connectivity index (χ1v) is 3.79. The van der Waals surface area contributed by atoms with E-state index in [1.807, 2.05) is 0 Å². The van der Waals surface area contributed by atoms with E-state index in [0.717, 1.165) is 5.56 Å².